The molecule has 0 saturated carbocycles. The smallest absolute Gasteiger partial charge is 0.170 e. The highest BCUT2D eigenvalue weighted by molar-refractivity contribution is 7.80. The molecule has 1 N–H and O–H groups in total. The number of thiol groups is 1. The number of Topliss-reactive ketones (excluding diaryl/α,β-unsaturated/α-hetero) is 1. The van der Waals surface area contributed by atoms with Crippen LogP contribution in [-0.4, -0.2) is 43.5 Å². The van der Waals surface area contributed by atoms with E-state index in [9.17, 15) is 4.79 Å². The predicted molar refractivity (Wildman–Crippen MR) is 168 cm³/mol. The van der Waals surface area contributed by atoms with Gasteiger partial charge in [0.05, 0.1) is 5.56 Å². The first-order valence-electron chi connectivity index (χ1n) is 14.6. The van der Waals surface area contributed by atoms with Gasteiger partial charge in [0.25, 0.3) is 0 Å². The van der Waals surface area contributed by atoms with Crippen LogP contribution in [0, 0.1) is 17.8 Å². The summed E-state index contributed by atoms with van der Waals surface area (Å²) in [5.41, 5.74) is 3.32. The number of rotatable bonds is 5. The number of aryl methyl sites for hydroxylation is 1. The highest BCUT2D eigenvalue weighted by Crippen LogP contribution is 2.34. The van der Waals surface area contributed by atoms with E-state index >= 15 is 0 Å². The molecule has 1 saturated heterocycles. The molecule has 2 aromatic carbocycles. The number of benzene rings is 2. The number of hydrogen-bond donors (Lipinski definition) is 2. The summed E-state index contributed by atoms with van der Waals surface area (Å²) in [5.74, 6) is 2.97. The molecule has 0 aliphatic carbocycles. The molecular formula is C33H54N2O2S. The van der Waals surface area contributed by atoms with Crippen LogP contribution in [0.5, 0.6) is 5.75 Å². The molecule has 0 aromatic heterocycles. The van der Waals surface area contributed by atoms with E-state index in [0.29, 0.717) is 23.8 Å². The molecule has 2 aliphatic heterocycles. The van der Waals surface area contributed by atoms with Crippen molar-refractivity contribution in [3.05, 3.63) is 53.6 Å². The number of likely N-dealkylation sites (tertiary alicyclic amines) is 1. The summed E-state index contributed by atoms with van der Waals surface area (Å²) in [4.78, 5) is 15.4. The predicted octanol–water partition coefficient (Wildman–Crippen LogP) is 8.66. The highest BCUT2D eigenvalue weighted by Gasteiger charge is 2.33. The average Bonchev–Trinajstić information content (AvgIpc) is 2.90. The van der Waals surface area contributed by atoms with E-state index < -0.39 is 0 Å². The van der Waals surface area contributed by atoms with E-state index in [1.54, 1.807) is 0 Å². The van der Waals surface area contributed by atoms with Crippen LogP contribution in [0.1, 0.15) is 90.6 Å². The number of fused-ring (bicyclic) bond motifs is 1. The zero-order chi connectivity index (χ0) is 28.7. The number of anilines is 1. The fraction of sp³-hybridized carbons (Fsp3) is 0.606. The van der Waals surface area contributed by atoms with Gasteiger partial charge in [-0.3, -0.25) is 4.79 Å². The number of nitrogens with zero attached hydrogens (tertiary/aromatic N) is 1. The molecule has 0 radical (unpaired) electrons. The first-order valence-corrected chi connectivity index (χ1v) is 15.1. The lowest BCUT2D eigenvalue weighted by atomic mass is 9.86. The molecule has 5 heteroatoms. The van der Waals surface area contributed by atoms with Gasteiger partial charge in [0.15, 0.2) is 5.78 Å². The molecule has 2 aliphatic rings. The summed E-state index contributed by atoms with van der Waals surface area (Å²) < 4.78 is 6.06. The first kappa shape index (κ1) is 34.0. The van der Waals surface area contributed by atoms with Crippen LogP contribution in [0.25, 0.3) is 0 Å². The van der Waals surface area contributed by atoms with Gasteiger partial charge in [0.1, 0.15) is 11.9 Å². The Hall–Kier alpha value is -1.98. The third-order valence-corrected chi connectivity index (χ3v) is 6.57. The van der Waals surface area contributed by atoms with E-state index in [1.165, 1.54) is 11.3 Å². The Morgan fingerprint density at radius 3 is 2.11 bits per heavy atom. The minimum absolute atomic E-state index is 0.0551. The number of ether oxygens (including phenoxy) is 1. The molecule has 4 rings (SSSR count). The molecule has 0 spiro atoms. The average molecular weight is 543 g/mol. The standard InChI is InChI=1S/C15H19NO2S.C12H19N.C4H10.C2H6/c1-16-6-4-10(5-7-16)15-9-13(17)12-8-11(19)2-3-14(12)18-15;1-4-11-5-7-12(8-6-11)13-9-10(2)3;1-4(2)3;1-2/h2-3,8,10,15,19H,4-7,9H2,1H3;5-8,10,13H,4,9H2,1-3H3;4H,1-3H3;1-2H3. The molecule has 4 nitrogen and oxygen atoms in total. The largest absolute Gasteiger partial charge is 0.489 e. The van der Waals surface area contributed by atoms with Crippen LogP contribution in [0.4, 0.5) is 5.69 Å². The van der Waals surface area contributed by atoms with Crippen LogP contribution >= 0.6 is 12.6 Å². The highest BCUT2D eigenvalue weighted by atomic mass is 32.1. The Labute approximate surface area is 239 Å². The summed E-state index contributed by atoms with van der Waals surface area (Å²) >= 11 is 4.28. The lowest BCUT2D eigenvalue weighted by Gasteiger charge is -2.36. The fourth-order valence-corrected chi connectivity index (χ4v) is 4.38. The van der Waals surface area contributed by atoms with Crippen molar-refractivity contribution in [2.45, 2.75) is 92.1 Å². The van der Waals surface area contributed by atoms with Gasteiger partial charge in [-0.05, 0) is 93.0 Å². The first-order chi connectivity index (χ1) is 18.1. The van der Waals surface area contributed by atoms with Gasteiger partial charge >= 0.3 is 0 Å². The Balaban J connectivity index is 0.000000331. The third-order valence-electron chi connectivity index (χ3n) is 6.29. The topological polar surface area (TPSA) is 41.6 Å². The molecule has 214 valence electrons. The lowest BCUT2D eigenvalue weighted by molar-refractivity contribution is 0.0571. The second-order valence-corrected chi connectivity index (χ2v) is 11.7. The molecule has 0 bridgehead atoms. The van der Waals surface area contributed by atoms with Crippen molar-refractivity contribution in [1.29, 1.82) is 0 Å². The van der Waals surface area contributed by atoms with E-state index in [2.05, 4.69) is 95.7 Å². The van der Waals surface area contributed by atoms with Gasteiger partial charge in [-0.1, -0.05) is 67.5 Å². The number of carbonyl (C=O) groups excluding carboxylic acids is 1. The summed E-state index contributed by atoms with van der Waals surface area (Å²) in [6, 6.07) is 14.2. The van der Waals surface area contributed by atoms with Crippen LogP contribution in [-0.2, 0) is 6.42 Å². The Morgan fingerprint density at radius 1 is 1.00 bits per heavy atom. The minimum Gasteiger partial charge on any atom is -0.489 e. The van der Waals surface area contributed by atoms with Crippen LogP contribution < -0.4 is 10.1 Å². The summed E-state index contributed by atoms with van der Waals surface area (Å²) in [6.07, 6.45) is 3.92. The molecule has 38 heavy (non-hydrogen) atoms. The van der Waals surface area contributed by atoms with Crippen molar-refractivity contribution in [3.8, 4) is 5.75 Å². The molecule has 1 atom stereocenters. The van der Waals surface area contributed by atoms with Gasteiger partial charge in [-0.15, -0.1) is 12.6 Å². The van der Waals surface area contributed by atoms with Gasteiger partial charge in [0.2, 0.25) is 0 Å². The molecule has 1 fully saturated rings. The van der Waals surface area contributed by atoms with E-state index in [0.717, 1.165) is 55.5 Å². The Bertz CT molecular complexity index is 916. The van der Waals surface area contributed by atoms with Gasteiger partial charge in [-0.25, -0.2) is 0 Å². The lowest BCUT2D eigenvalue weighted by Crippen LogP contribution is -2.40. The SMILES string of the molecule is CC.CC(C)C.CCc1ccc(NCC(C)C)cc1.CN1CCC(C2CC(=O)c3cc(S)ccc3O2)CC1. The fourth-order valence-electron chi connectivity index (χ4n) is 4.18. The molecule has 2 heterocycles. The van der Waals surface area contributed by atoms with Crippen molar-refractivity contribution < 1.29 is 9.53 Å². The Morgan fingerprint density at radius 2 is 1.58 bits per heavy atom. The molecule has 1 unspecified atom stereocenters. The second-order valence-electron chi connectivity index (χ2n) is 11.2. The maximum atomic E-state index is 12.2. The van der Waals surface area contributed by atoms with E-state index in [4.69, 9.17) is 4.74 Å². The van der Waals surface area contributed by atoms with Crippen molar-refractivity contribution in [3.63, 3.8) is 0 Å². The number of ketones is 1. The maximum absolute atomic E-state index is 12.2. The number of nitrogens with one attached hydrogen (secondary N) is 1. The summed E-state index contributed by atoms with van der Waals surface area (Å²) in [5, 5.41) is 3.40. The summed E-state index contributed by atoms with van der Waals surface area (Å²) in [7, 11) is 2.15. The number of piperidine rings is 1. The van der Waals surface area contributed by atoms with Gasteiger partial charge in [0, 0.05) is 23.5 Å². The maximum Gasteiger partial charge on any atom is 0.170 e. The van der Waals surface area contributed by atoms with Crippen LogP contribution in [0.15, 0.2) is 47.4 Å². The van der Waals surface area contributed by atoms with Crippen molar-refractivity contribution in [2.75, 3.05) is 32.0 Å². The quantitative estimate of drug-likeness (QED) is 0.371. The van der Waals surface area contributed by atoms with Crippen molar-refractivity contribution in [1.82, 2.24) is 4.90 Å². The van der Waals surface area contributed by atoms with Gasteiger partial charge < -0.3 is 15.0 Å². The zero-order valence-corrected chi connectivity index (χ0v) is 26.4. The van der Waals surface area contributed by atoms with Gasteiger partial charge in [-0.2, -0.15) is 0 Å². The number of hydrogen-bond acceptors (Lipinski definition) is 5. The molecular weight excluding hydrogens is 488 g/mol. The third kappa shape index (κ3) is 12.7. The Kier molecular flexibility index (Phi) is 16.4. The van der Waals surface area contributed by atoms with Crippen molar-refractivity contribution >= 4 is 24.1 Å². The normalized spacial score (nSPS) is 17.2. The minimum atomic E-state index is 0.0551. The second kappa shape index (κ2) is 18.3. The van der Waals surface area contributed by atoms with Crippen LogP contribution in [0.2, 0.25) is 0 Å². The monoisotopic (exact) mass is 542 g/mol. The summed E-state index contributed by atoms with van der Waals surface area (Å²) in [6.45, 7) is 20.4. The molecule has 2 aromatic rings. The number of carbonyl (C=O) groups is 1. The van der Waals surface area contributed by atoms with E-state index in [1.807, 2.05) is 32.0 Å². The zero-order valence-electron chi connectivity index (χ0n) is 25.5. The van der Waals surface area contributed by atoms with E-state index in [-0.39, 0.29) is 11.9 Å². The van der Waals surface area contributed by atoms with Crippen LogP contribution in [0.3, 0.4) is 0 Å². The van der Waals surface area contributed by atoms with Crippen molar-refractivity contribution in [2.24, 2.45) is 17.8 Å². The molecule has 0 amide bonds.